The van der Waals surface area contributed by atoms with Crippen molar-refractivity contribution in [2.24, 2.45) is 11.7 Å². The summed E-state index contributed by atoms with van der Waals surface area (Å²) < 4.78 is 0. The van der Waals surface area contributed by atoms with E-state index in [0.29, 0.717) is 6.54 Å². The molecule has 1 fully saturated rings. The Balaban J connectivity index is 0.000000261. The van der Waals surface area contributed by atoms with Gasteiger partial charge in [0.05, 0.1) is 6.10 Å². The van der Waals surface area contributed by atoms with Crippen molar-refractivity contribution in [2.45, 2.75) is 39.3 Å². The molecule has 3 heteroatoms. The molecule has 1 heterocycles. The Bertz CT molecular complexity index is 95.9. The van der Waals surface area contributed by atoms with Gasteiger partial charge in [0.1, 0.15) is 0 Å². The van der Waals surface area contributed by atoms with E-state index in [0.717, 1.165) is 18.9 Å². The molecule has 1 aliphatic rings. The predicted octanol–water partition coefficient (Wildman–Crippen LogP) is 0.330. The van der Waals surface area contributed by atoms with Crippen molar-refractivity contribution in [3.63, 3.8) is 0 Å². The van der Waals surface area contributed by atoms with Gasteiger partial charge in [-0.2, -0.15) is 0 Å². The van der Waals surface area contributed by atoms with Crippen LogP contribution < -0.4 is 11.1 Å². The molecule has 1 rings (SSSR count). The summed E-state index contributed by atoms with van der Waals surface area (Å²) in [7, 11) is 0. The molecule has 0 aromatic heterocycles. The van der Waals surface area contributed by atoms with E-state index in [1.54, 1.807) is 0 Å². The average molecular weight is 174 g/mol. The van der Waals surface area contributed by atoms with Crippen molar-refractivity contribution in [1.29, 1.82) is 0 Å². The third-order valence-electron chi connectivity index (χ3n) is 1.36. The first-order valence-corrected chi connectivity index (χ1v) is 4.66. The molecule has 74 valence electrons. The fourth-order valence-electron chi connectivity index (χ4n) is 0.951. The molecule has 0 bridgehead atoms. The van der Waals surface area contributed by atoms with Gasteiger partial charge in [-0.15, -0.1) is 0 Å². The lowest BCUT2D eigenvalue weighted by atomic mass is 10.1. The molecule has 0 amide bonds. The van der Waals surface area contributed by atoms with Crippen LogP contribution in [0.3, 0.4) is 0 Å². The number of nitrogens with one attached hydrogen (secondary N) is 1. The number of nitrogens with two attached hydrogens (primary N) is 1. The Kier molecular flexibility index (Phi) is 6.34. The third kappa shape index (κ3) is 7.98. The van der Waals surface area contributed by atoms with Gasteiger partial charge in [-0.05, 0) is 12.3 Å². The second-order valence-electron chi connectivity index (χ2n) is 4.04. The number of piperidine rings is 1. The zero-order valence-corrected chi connectivity index (χ0v) is 8.38. The summed E-state index contributed by atoms with van der Waals surface area (Å²) in [6, 6.07) is 0.152. The highest BCUT2D eigenvalue weighted by molar-refractivity contribution is 4.76. The quantitative estimate of drug-likeness (QED) is 0.496. The van der Waals surface area contributed by atoms with Gasteiger partial charge in [-0.3, -0.25) is 0 Å². The largest absolute Gasteiger partial charge is 0.392 e. The number of rotatable bonds is 0. The minimum atomic E-state index is -0.223. The van der Waals surface area contributed by atoms with Crippen LogP contribution >= 0.6 is 0 Å². The van der Waals surface area contributed by atoms with Crippen molar-refractivity contribution in [3.05, 3.63) is 0 Å². The average Bonchev–Trinajstić information content (AvgIpc) is 1.84. The monoisotopic (exact) mass is 174 g/mol. The van der Waals surface area contributed by atoms with Crippen molar-refractivity contribution in [2.75, 3.05) is 13.1 Å². The maximum atomic E-state index is 8.94. The lowest BCUT2D eigenvalue weighted by Gasteiger charge is -2.23. The van der Waals surface area contributed by atoms with Gasteiger partial charge in [0.2, 0.25) is 0 Å². The summed E-state index contributed by atoms with van der Waals surface area (Å²) in [6.45, 7) is 8.05. The normalized spacial score (nSPS) is 29.5. The van der Waals surface area contributed by atoms with Crippen LogP contribution in [0.25, 0.3) is 0 Å². The van der Waals surface area contributed by atoms with E-state index in [1.165, 1.54) is 0 Å². The highest BCUT2D eigenvalue weighted by Gasteiger charge is 2.14. The van der Waals surface area contributed by atoms with Crippen LogP contribution in [0.5, 0.6) is 0 Å². The van der Waals surface area contributed by atoms with E-state index in [9.17, 15) is 0 Å². The fourth-order valence-corrected chi connectivity index (χ4v) is 0.951. The zero-order chi connectivity index (χ0) is 9.56. The summed E-state index contributed by atoms with van der Waals surface area (Å²) >= 11 is 0. The van der Waals surface area contributed by atoms with E-state index in [4.69, 9.17) is 10.8 Å². The molecule has 0 aromatic rings. The summed E-state index contributed by atoms with van der Waals surface area (Å²) in [5.41, 5.74) is 5.50. The smallest absolute Gasteiger partial charge is 0.0679 e. The summed E-state index contributed by atoms with van der Waals surface area (Å²) in [5.74, 6) is 0.833. The molecular weight excluding hydrogens is 152 g/mol. The van der Waals surface area contributed by atoms with Gasteiger partial charge in [-0.1, -0.05) is 20.8 Å². The van der Waals surface area contributed by atoms with Gasteiger partial charge in [-0.25, -0.2) is 0 Å². The van der Waals surface area contributed by atoms with Gasteiger partial charge in [0.15, 0.2) is 0 Å². The van der Waals surface area contributed by atoms with E-state index >= 15 is 0 Å². The van der Waals surface area contributed by atoms with Crippen LogP contribution in [0.1, 0.15) is 27.2 Å². The summed E-state index contributed by atoms with van der Waals surface area (Å²) in [6.07, 6.45) is 0.520. The van der Waals surface area contributed by atoms with Crippen molar-refractivity contribution in [1.82, 2.24) is 5.32 Å². The molecule has 2 atom stereocenters. The Hall–Kier alpha value is -0.120. The van der Waals surface area contributed by atoms with Crippen LogP contribution in [-0.4, -0.2) is 30.3 Å². The van der Waals surface area contributed by atoms with Crippen LogP contribution in [0.15, 0.2) is 0 Å². The molecule has 12 heavy (non-hydrogen) atoms. The molecule has 4 N–H and O–H groups in total. The molecule has 0 radical (unpaired) electrons. The lowest BCUT2D eigenvalue weighted by molar-refractivity contribution is 0.133. The number of hydrogen-bond acceptors (Lipinski definition) is 3. The number of aliphatic hydroxyl groups excluding tert-OH is 1. The number of β-amino-alcohol motifs (C(OH)–C–C–N with tert-alkyl or cyclic N) is 1. The van der Waals surface area contributed by atoms with Gasteiger partial charge >= 0.3 is 0 Å². The first kappa shape index (κ1) is 11.9. The topological polar surface area (TPSA) is 58.3 Å². The van der Waals surface area contributed by atoms with Gasteiger partial charge < -0.3 is 16.2 Å². The van der Waals surface area contributed by atoms with Gasteiger partial charge in [0.25, 0.3) is 0 Å². The molecule has 1 aliphatic heterocycles. The number of hydrogen-bond donors (Lipinski definition) is 3. The standard InChI is InChI=1S/C5H12N2O.C4H10/c6-4-1-5(8)3-7-2-4;1-4(2)3/h4-5,7-8H,1-3,6H2;4H,1-3H3. The SMILES string of the molecule is CC(C)C.NC1CNCC(O)C1. The van der Waals surface area contributed by atoms with Crippen LogP contribution in [-0.2, 0) is 0 Å². The molecule has 0 saturated carbocycles. The van der Waals surface area contributed by atoms with E-state index in [-0.39, 0.29) is 12.1 Å². The lowest BCUT2D eigenvalue weighted by Crippen LogP contribution is -2.46. The zero-order valence-electron chi connectivity index (χ0n) is 8.38. The van der Waals surface area contributed by atoms with Gasteiger partial charge in [0, 0.05) is 19.1 Å². The number of aliphatic hydroxyl groups is 1. The van der Waals surface area contributed by atoms with Crippen molar-refractivity contribution in [3.8, 4) is 0 Å². The minimum absolute atomic E-state index is 0.152. The molecule has 0 aromatic carbocycles. The fraction of sp³-hybridized carbons (Fsp3) is 1.00. The highest BCUT2D eigenvalue weighted by atomic mass is 16.3. The maximum Gasteiger partial charge on any atom is 0.0679 e. The maximum absolute atomic E-state index is 8.94. The van der Waals surface area contributed by atoms with E-state index < -0.39 is 0 Å². The Morgan fingerprint density at radius 3 is 2.08 bits per heavy atom. The Morgan fingerprint density at radius 1 is 1.33 bits per heavy atom. The molecular formula is C9H22N2O. The predicted molar refractivity (Wildman–Crippen MR) is 52.0 cm³/mol. The Labute approximate surface area is 75.3 Å². The molecule has 0 spiro atoms. The first-order chi connectivity index (χ1) is 5.52. The van der Waals surface area contributed by atoms with Crippen LogP contribution in [0.2, 0.25) is 0 Å². The minimum Gasteiger partial charge on any atom is -0.392 e. The molecule has 2 unspecified atom stereocenters. The highest BCUT2D eigenvalue weighted by Crippen LogP contribution is 1.98. The Morgan fingerprint density at radius 2 is 1.83 bits per heavy atom. The molecule has 0 aliphatic carbocycles. The van der Waals surface area contributed by atoms with Crippen LogP contribution in [0, 0.1) is 5.92 Å². The second-order valence-corrected chi connectivity index (χ2v) is 4.04. The van der Waals surface area contributed by atoms with Crippen molar-refractivity contribution < 1.29 is 5.11 Å². The third-order valence-corrected chi connectivity index (χ3v) is 1.36. The van der Waals surface area contributed by atoms with Crippen LogP contribution in [0.4, 0.5) is 0 Å². The summed E-state index contributed by atoms with van der Waals surface area (Å²) in [5, 5.41) is 11.9. The second kappa shape index (κ2) is 6.40. The first-order valence-electron chi connectivity index (χ1n) is 4.66. The molecule has 3 nitrogen and oxygen atoms in total. The summed E-state index contributed by atoms with van der Waals surface area (Å²) in [4.78, 5) is 0. The van der Waals surface area contributed by atoms with E-state index in [2.05, 4.69) is 26.1 Å². The van der Waals surface area contributed by atoms with Crippen molar-refractivity contribution >= 4 is 0 Å². The molecule has 1 saturated heterocycles. The van der Waals surface area contributed by atoms with E-state index in [1.807, 2.05) is 0 Å².